The highest BCUT2D eigenvalue weighted by Gasteiger charge is 2.39. The van der Waals surface area contributed by atoms with Gasteiger partial charge in [-0.2, -0.15) is 5.10 Å². The summed E-state index contributed by atoms with van der Waals surface area (Å²) in [7, 11) is 1.78. The lowest BCUT2D eigenvalue weighted by molar-refractivity contribution is -0.117. The van der Waals surface area contributed by atoms with Gasteiger partial charge in [-0.1, -0.05) is 6.92 Å². The maximum Gasteiger partial charge on any atom is 0.251 e. The molecule has 126 valence electrons. The lowest BCUT2D eigenvalue weighted by Gasteiger charge is -2.07. The molecule has 0 bridgehead atoms. The number of benzene rings is 1. The van der Waals surface area contributed by atoms with Gasteiger partial charge < -0.3 is 15.2 Å². The topological polar surface area (TPSA) is 91.8 Å². The first-order valence-corrected chi connectivity index (χ1v) is 8.16. The van der Waals surface area contributed by atoms with Crippen LogP contribution in [-0.4, -0.2) is 26.6 Å². The fraction of sp³-hybridized carbons (Fsp3) is 0.375. The number of hydrogen-bond donors (Lipinski definition) is 3. The first-order valence-electron chi connectivity index (χ1n) is 7.75. The van der Waals surface area contributed by atoms with Crippen LogP contribution in [0.5, 0.6) is 0 Å². The van der Waals surface area contributed by atoms with Gasteiger partial charge in [-0.15, -0.1) is 0 Å². The van der Waals surface area contributed by atoms with E-state index in [0.29, 0.717) is 27.8 Å². The van der Waals surface area contributed by atoms with E-state index in [1.807, 2.05) is 0 Å². The summed E-state index contributed by atoms with van der Waals surface area (Å²) < 4.78 is 2.21. The monoisotopic (exact) mass is 345 g/mol. The van der Waals surface area contributed by atoms with Crippen LogP contribution in [0.25, 0.3) is 0 Å². The number of nitrogens with one attached hydrogen (secondary N) is 3. The number of nitrogens with zero attached hydrogens (tertiary/aromatic N) is 2. The zero-order valence-electron chi connectivity index (χ0n) is 13.5. The van der Waals surface area contributed by atoms with Gasteiger partial charge in [0.1, 0.15) is 0 Å². The van der Waals surface area contributed by atoms with Crippen LogP contribution in [0.3, 0.4) is 0 Å². The smallest absolute Gasteiger partial charge is 0.251 e. The highest BCUT2D eigenvalue weighted by Crippen LogP contribution is 2.38. The van der Waals surface area contributed by atoms with Crippen LogP contribution in [0.2, 0.25) is 0 Å². The third-order valence-corrected chi connectivity index (χ3v) is 4.61. The highest BCUT2D eigenvalue weighted by atomic mass is 32.1. The molecule has 1 aliphatic carbocycles. The minimum Gasteiger partial charge on any atom is -0.345 e. The van der Waals surface area contributed by atoms with Gasteiger partial charge in [0, 0.05) is 24.2 Å². The average Bonchev–Trinajstić information content (AvgIpc) is 3.23. The van der Waals surface area contributed by atoms with Gasteiger partial charge in [-0.3, -0.25) is 14.7 Å². The number of hydrogen-bond acceptors (Lipinski definition) is 4. The molecule has 2 amide bonds. The van der Waals surface area contributed by atoms with Crippen molar-refractivity contribution in [2.75, 3.05) is 5.32 Å². The summed E-state index contributed by atoms with van der Waals surface area (Å²) in [5.74, 6) is 1.07. The normalized spacial score (nSPS) is 18.9. The maximum absolute atomic E-state index is 12.2. The Morgan fingerprint density at radius 1 is 1.38 bits per heavy atom. The first-order chi connectivity index (χ1) is 11.5. The van der Waals surface area contributed by atoms with Gasteiger partial charge in [0.05, 0.1) is 6.54 Å². The van der Waals surface area contributed by atoms with Crippen molar-refractivity contribution in [1.82, 2.24) is 20.1 Å². The molecule has 3 rings (SSSR count). The summed E-state index contributed by atoms with van der Waals surface area (Å²) >= 11 is 5.02. The fourth-order valence-corrected chi connectivity index (χ4v) is 2.58. The maximum atomic E-state index is 12.2. The van der Waals surface area contributed by atoms with E-state index < -0.39 is 0 Å². The van der Waals surface area contributed by atoms with Crippen LogP contribution in [0.4, 0.5) is 5.69 Å². The Hall–Kier alpha value is -2.48. The number of aromatic nitrogens is 3. The molecule has 1 heterocycles. The highest BCUT2D eigenvalue weighted by molar-refractivity contribution is 7.71. The molecule has 0 spiro atoms. The molecule has 2 atom stereocenters. The van der Waals surface area contributed by atoms with Crippen molar-refractivity contribution in [2.24, 2.45) is 18.9 Å². The molecule has 1 aromatic heterocycles. The van der Waals surface area contributed by atoms with Crippen molar-refractivity contribution in [1.29, 1.82) is 0 Å². The Bertz CT molecular complexity index is 824. The molecule has 0 radical (unpaired) electrons. The summed E-state index contributed by atoms with van der Waals surface area (Å²) in [5, 5.41) is 12.4. The van der Waals surface area contributed by atoms with Crippen LogP contribution in [0, 0.1) is 16.6 Å². The van der Waals surface area contributed by atoms with Crippen LogP contribution in [0.1, 0.15) is 29.5 Å². The van der Waals surface area contributed by atoms with Crippen LogP contribution >= 0.6 is 12.2 Å². The van der Waals surface area contributed by atoms with E-state index in [2.05, 4.69) is 27.8 Å². The standard InChI is InChI=1S/C16H19N5O2S/c1-9-7-12(9)15(23)18-11-5-3-10(4-6-11)14(22)17-8-13-19-20-16(24)21(13)2/h3-6,9,12H,7-8H2,1-2H3,(H,17,22)(H,18,23)(H,20,24). The Morgan fingerprint density at radius 3 is 2.58 bits per heavy atom. The zero-order chi connectivity index (χ0) is 17.3. The van der Waals surface area contributed by atoms with Gasteiger partial charge in [0.25, 0.3) is 5.91 Å². The summed E-state index contributed by atoms with van der Waals surface area (Å²) in [6.45, 7) is 2.34. The van der Waals surface area contributed by atoms with Crippen molar-refractivity contribution in [3.05, 3.63) is 40.4 Å². The number of rotatable bonds is 5. The predicted octanol–water partition coefficient (Wildman–Crippen LogP) is 2.00. The van der Waals surface area contributed by atoms with Crippen molar-refractivity contribution in [3.8, 4) is 0 Å². The first kappa shape index (κ1) is 16.4. The number of carbonyl (C=O) groups excluding carboxylic acids is 2. The summed E-state index contributed by atoms with van der Waals surface area (Å²) in [4.78, 5) is 24.0. The zero-order valence-corrected chi connectivity index (χ0v) is 14.3. The van der Waals surface area contributed by atoms with Crippen LogP contribution in [0.15, 0.2) is 24.3 Å². The second kappa shape index (κ2) is 6.56. The van der Waals surface area contributed by atoms with Gasteiger partial charge in [0.2, 0.25) is 5.91 Å². The van der Waals surface area contributed by atoms with Crippen LogP contribution in [-0.2, 0) is 18.4 Å². The lowest BCUT2D eigenvalue weighted by Crippen LogP contribution is -2.24. The van der Waals surface area contributed by atoms with E-state index in [1.54, 1.807) is 35.9 Å². The van der Waals surface area contributed by atoms with E-state index in [0.717, 1.165) is 6.42 Å². The van der Waals surface area contributed by atoms with Crippen molar-refractivity contribution < 1.29 is 9.59 Å². The molecular weight excluding hydrogens is 326 g/mol. The molecule has 0 aliphatic heterocycles. The summed E-state index contributed by atoms with van der Waals surface area (Å²) in [5.41, 5.74) is 1.22. The van der Waals surface area contributed by atoms with E-state index in [-0.39, 0.29) is 24.3 Å². The Balaban J connectivity index is 1.56. The van der Waals surface area contributed by atoms with Crippen molar-refractivity contribution in [3.63, 3.8) is 0 Å². The lowest BCUT2D eigenvalue weighted by atomic mass is 10.2. The third-order valence-electron chi connectivity index (χ3n) is 4.24. The van der Waals surface area contributed by atoms with Crippen LogP contribution < -0.4 is 10.6 Å². The number of aromatic amines is 1. The molecule has 3 N–H and O–H groups in total. The number of amides is 2. The number of H-pyrrole nitrogens is 1. The minimum absolute atomic E-state index is 0.0467. The third kappa shape index (κ3) is 3.53. The fourth-order valence-electron chi connectivity index (χ4n) is 2.43. The van der Waals surface area contributed by atoms with Gasteiger partial charge in [-0.25, -0.2) is 0 Å². The van der Waals surface area contributed by atoms with Gasteiger partial charge in [0.15, 0.2) is 10.6 Å². The van der Waals surface area contributed by atoms with Gasteiger partial charge in [-0.05, 0) is 48.8 Å². The molecular formula is C16H19N5O2S. The molecule has 1 aromatic carbocycles. The average molecular weight is 345 g/mol. The predicted molar refractivity (Wildman–Crippen MR) is 91.9 cm³/mol. The molecule has 0 saturated heterocycles. The summed E-state index contributed by atoms with van der Waals surface area (Å²) in [6.07, 6.45) is 0.947. The minimum atomic E-state index is -0.211. The second-order valence-electron chi connectivity index (χ2n) is 6.07. The van der Waals surface area contributed by atoms with E-state index >= 15 is 0 Å². The van der Waals surface area contributed by atoms with E-state index in [1.165, 1.54) is 0 Å². The Morgan fingerprint density at radius 2 is 2.04 bits per heavy atom. The van der Waals surface area contributed by atoms with E-state index in [4.69, 9.17) is 12.2 Å². The molecule has 2 unspecified atom stereocenters. The summed E-state index contributed by atoms with van der Waals surface area (Å²) in [6, 6.07) is 6.83. The molecule has 1 saturated carbocycles. The molecule has 1 fully saturated rings. The molecule has 2 aromatic rings. The molecule has 1 aliphatic rings. The molecule has 24 heavy (non-hydrogen) atoms. The molecule has 8 heteroatoms. The molecule has 7 nitrogen and oxygen atoms in total. The second-order valence-corrected chi connectivity index (χ2v) is 6.46. The number of carbonyl (C=O) groups is 2. The SMILES string of the molecule is CC1CC1C(=O)Nc1ccc(C(=O)NCc2n[nH]c(=S)n2C)cc1. The van der Waals surface area contributed by atoms with E-state index in [9.17, 15) is 9.59 Å². The number of anilines is 1. The Labute approximate surface area is 144 Å². The van der Waals surface area contributed by atoms with Crippen molar-refractivity contribution >= 4 is 29.7 Å². The van der Waals surface area contributed by atoms with Gasteiger partial charge >= 0.3 is 0 Å². The van der Waals surface area contributed by atoms with Crippen molar-refractivity contribution in [2.45, 2.75) is 19.9 Å². The quantitative estimate of drug-likeness (QED) is 0.723. The largest absolute Gasteiger partial charge is 0.345 e. The Kier molecular flexibility index (Phi) is 4.48.